The maximum atomic E-state index is 12.3. The third-order valence-corrected chi connectivity index (χ3v) is 4.83. The Bertz CT molecular complexity index is 744. The van der Waals surface area contributed by atoms with Crippen LogP contribution in [-0.2, 0) is 23.1 Å². The van der Waals surface area contributed by atoms with Crippen LogP contribution in [0.3, 0.4) is 0 Å². The lowest BCUT2D eigenvalue weighted by Gasteiger charge is -2.10. The van der Waals surface area contributed by atoms with Gasteiger partial charge in [0, 0.05) is 10.7 Å². The van der Waals surface area contributed by atoms with Gasteiger partial charge in [-0.15, -0.1) is 0 Å². The minimum atomic E-state index is -3.71. The molecule has 0 saturated carbocycles. The molecule has 0 spiro atoms. The zero-order valence-corrected chi connectivity index (χ0v) is 13.1. The van der Waals surface area contributed by atoms with E-state index in [2.05, 4.69) is 4.72 Å². The first kappa shape index (κ1) is 15.8. The summed E-state index contributed by atoms with van der Waals surface area (Å²) >= 11 is 5.87. The van der Waals surface area contributed by atoms with Gasteiger partial charge in [-0.05, 0) is 47.9 Å². The van der Waals surface area contributed by atoms with E-state index >= 15 is 0 Å². The number of anilines is 1. The number of hydrogen-bond acceptors (Lipinski definition) is 3. The van der Waals surface area contributed by atoms with Crippen molar-refractivity contribution in [2.24, 2.45) is 0 Å². The number of hydrogen-bond donors (Lipinski definition) is 2. The fourth-order valence-corrected chi connectivity index (χ4v) is 3.19. The van der Waals surface area contributed by atoms with Gasteiger partial charge >= 0.3 is 0 Å². The second-order valence-corrected chi connectivity index (χ2v) is 6.66. The summed E-state index contributed by atoms with van der Waals surface area (Å²) in [5, 5.41) is 9.50. The van der Waals surface area contributed by atoms with Gasteiger partial charge in [0.25, 0.3) is 10.0 Å². The predicted octanol–water partition coefficient (Wildman–Crippen LogP) is 3.20. The third kappa shape index (κ3) is 3.75. The average Bonchev–Trinajstić information content (AvgIpc) is 2.47. The summed E-state index contributed by atoms with van der Waals surface area (Å²) in [6.45, 7) is 1.69. The van der Waals surface area contributed by atoms with E-state index in [1.165, 1.54) is 18.2 Å². The molecule has 0 aliphatic rings. The van der Waals surface area contributed by atoms with Gasteiger partial charge in [-0.2, -0.15) is 0 Å². The Morgan fingerprint density at radius 2 is 1.95 bits per heavy atom. The van der Waals surface area contributed by atoms with Crippen LogP contribution in [0.25, 0.3) is 0 Å². The summed E-state index contributed by atoms with van der Waals surface area (Å²) in [4.78, 5) is 0.0675. The highest BCUT2D eigenvalue weighted by Crippen LogP contribution is 2.23. The fraction of sp³-hybridized carbons (Fsp3) is 0.200. The van der Waals surface area contributed by atoms with Crippen LogP contribution in [0.2, 0.25) is 5.02 Å². The Balaban J connectivity index is 2.33. The van der Waals surface area contributed by atoms with Crippen molar-refractivity contribution < 1.29 is 13.5 Å². The Morgan fingerprint density at radius 3 is 2.62 bits per heavy atom. The lowest BCUT2D eigenvalue weighted by atomic mass is 10.1. The van der Waals surface area contributed by atoms with Crippen molar-refractivity contribution >= 4 is 27.3 Å². The van der Waals surface area contributed by atoms with Crippen LogP contribution in [0, 0.1) is 0 Å². The normalized spacial score (nSPS) is 11.4. The molecule has 0 aliphatic heterocycles. The van der Waals surface area contributed by atoms with E-state index in [0.29, 0.717) is 16.3 Å². The Morgan fingerprint density at radius 1 is 1.19 bits per heavy atom. The van der Waals surface area contributed by atoms with E-state index in [1.807, 2.05) is 13.0 Å². The smallest absolute Gasteiger partial charge is 0.261 e. The van der Waals surface area contributed by atoms with Gasteiger partial charge in [0.2, 0.25) is 0 Å². The van der Waals surface area contributed by atoms with Gasteiger partial charge in [0.05, 0.1) is 11.5 Å². The SMILES string of the molecule is CCc1cccc(NS(=O)(=O)c2ccc(Cl)c(CO)c2)c1. The zero-order valence-electron chi connectivity index (χ0n) is 11.5. The Labute approximate surface area is 129 Å². The van der Waals surface area contributed by atoms with Crippen molar-refractivity contribution in [3.63, 3.8) is 0 Å². The molecule has 0 fully saturated rings. The van der Waals surface area contributed by atoms with Crippen molar-refractivity contribution in [2.45, 2.75) is 24.8 Å². The molecule has 21 heavy (non-hydrogen) atoms. The highest BCUT2D eigenvalue weighted by Gasteiger charge is 2.16. The minimum Gasteiger partial charge on any atom is -0.392 e. The zero-order chi connectivity index (χ0) is 15.5. The standard InChI is InChI=1S/C15H16ClNO3S/c1-2-11-4-3-5-13(8-11)17-21(19,20)14-6-7-15(16)12(9-14)10-18/h3-9,17-18H,2,10H2,1H3. The molecule has 6 heteroatoms. The number of sulfonamides is 1. The predicted molar refractivity (Wildman–Crippen MR) is 84.0 cm³/mol. The van der Waals surface area contributed by atoms with Gasteiger partial charge in [-0.25, -0.2) is 8.42 Å². The molecule has 0 aliphatic carbocycles. The number of benzene rings is 2. The van der Waals surface area contributed by atoms with Crippen LogP contribution in [0.5, 0.6) is 0 Å². The highest BCUT2D eigenvalue weighted by molar-refractivity contribution is 7.92. The number of nitrogens with one attached hydrogen (secondary N) is 1. The third-order valence-electron chi connectivity index (χ3n) is 3.09. The van der Waals surface area contributed by atoms with Gasteiger partial charge < -0.3 is 5.11 Å². The molecule has 0 saturated heterocycles. The second-order valence-electron chi connectivity index (χ2n) is 4.57. The first-order valence-electron chi connectivity index (χ1n) is 6.47. The first-order chi connectivity index (χ1) is 9.96. The Kier molecular flexibility index (Phi) is 4.88. The largest absolute Gasteiger partial charge is 0.392 e. The van der Waals surface area contributed by atoms with Crippen molar-refractivity contribution in [3.8, 4) is 0 Å². The second kappa shape index (κ2) is 6.47. The van der Waals surface area contributed by atoms with E-state index in [9.17, 15) is 8.42 Å². The summed E-state index contributed by atoms with van der Waals surface area (Å²) in [6, 6.07) is 11.5. The molecule has 0 unspecified atom stereocenters. The maximum absolute atomic E-state index is 12.3. The van der Waals surface area contributed by atoms with Crippen molar-refractivity contribution in [1.82, 2.24) is 0 Å². The molecule has 2 rings (SSSR count). The van der Waals surface area contributed by atoms with E-state index in [-0.39, 0.29) is 11.5 Å². The van der Waals surface area contributed by atoms with Crippen molar-refractivity contribution in [2.75, 3.05) is 4.72 Å². The lowest BCUT2D eigenvalue weighted by molar-refractivity contribution is 0.281. The molecule has 0 bridgehead atoms. The van der Waals surface area contributed by atoms with Crippen LogP contribution in [0.4, 0.5) is 5.69 Å². The average molecular weight is 326 g/mol. The van der Waals surface area contributed by atoms with Gasteiger partial charge in [0.1, 0.15) is 0 Å². The number of halogens is 1. The monoisotopic (exact) mass is 325 g/mol. The van der Waals surface area contributed by atoms with Crippen LogP contribution in [0.1, 0.15) is 18.1 Å². The van der Waals surface area contributed by atoms with Crippen molar-refractivity contribution in [1.29, 1.82) is 0 Å². The molecule has 0 amide bonds. The summed E-state index contributed by atoms with van der Waals surface area (Å²) in [5.41, 5.74) is 1.93. The molecular formula is C15H16ClNO3S. The summed E-state index contributed by atoms with van der Waals surface area (Å²) in [6.07, 6.45) is 0.825. The van der Waals surface area contributed by atoms with Gasteiger partial charge in [-0.1, -0.05) is 30.7 Å². The molecule has 0 atom stereocenters. The maximum Gasteiger partial charge on any atom is 0.261 e. The molecule has 2 aromatic rings. The molecule has 2 aromatic carbocycles. The quantitative estimate of drug-likeness (QED) is 0.887. The van der Waals surface area contributed by atoms with E-state index in [0.717, 1.165) is 12.0 Å². The number of aliphatic hydroxyl groups is 1. The van der Waals surface area contributed by atoms with E-state index < -0.39 is 10.0 Å². The number of rotatable bonds is 5. The van der Waals surface area contributed by atoms with Crippen LogP contribution < -0.4 is 4.72 Å². The van der Waals surface area contributed by atoms with Crippen LogP contribution >= 0.6 is 11.6 Å². The Hall–Kier alpha value is -1.56. The molecule has 4 nitrogen and oxygen atoms in total. The molecule has 0 radical (unpaired) electrons. The fourth-order valence-electron chi connectivity index (χ4n) is 1.91. The molecule has 0 heterocycles. The minimum absolute atomic E-state index is 0.0675. The van der Waals surface area contributed by atoms with E-state index in [1.54, 1.807) is 18.2 Å². The first-order valence-corrected chi connectivity index (χ1v) is 8.33. The van der Waals surface area contributed by atoms with Crippen LogP contribution in [-0.4, -0.2) is 13.5 Å². The van der Waals surface area contributed by atoms with Crippen molar-refractivity contribution in [3.05, 3.63) is 58.6 Å². The molecule has 0 aromatic heterocycles. The number of aryl methyl sites for hydroxylation is 1. The van der Waals surface area contributed by atoms with E-state index in [4.69, 9.17) is 16.7 Å². The number of aliphatic hydroxyl groups excluding tert-OH is 1. The summed E-state index contributed by atoms with van der Waals surface area (Å²) in [7, 11) is -3.71. The molecule has 2 N–H and O–H groups in total. The summed E-state index contributed by atoms with van der Waals surface area (Å²) in [5.74, 6) is 0. The summed E-state index contributed by atoms with van der Waals surface area (Å²) < 4.78 is 27.2. The van der Waals surface area contributed by atoms with Gasteiger partial charge in [0.15, 0.2) is 0 Å². The lowest BCUT2D eigenvalue weighted by Crippen LogP contribution is -2.13. The molecular weight excluding hydrogens is 310 g/mol. The van der Waals surface area contributed by atoms with Crippen LogP contribution in [0.15, 0.2) is 47.4 Å². The topological polar surface area (TPSA) is 66.4 Å². The highest BCUT2D eigenvalue weighted by atomic mass is 35.5. The molecule has 112 valence electrons. The van der Waals surface area contributed by atoms with Gasteiger partial charge in [-0.3, -0.25) is 4.72 Å².